The molecule has 1 saturated heterocycles. The molecule has 186 valence electrons. The van der Waals surface area contributed by atoms with E-state index in [0.29, 0.717) is 27.5 Å². The molecular weight excluding hydrogens is 490 g/mol. The van der Waals surface area contributed by atoms with Crippen molar-refractivity contribution < 1.29 is 14.7 Å². The summed E-state index contributed by atoms with van der Waals surface area (Å²) in [5, 5.41) is 11.8. The first-order valence-corrected chi connectivity index (χ1v) is 12.1. The summed E-state index contributed by atoms with van der Waals surface area (Å²) >= 11 is 6.12. The summed E-state index contributed by atoms with van der Waals surface area (Å²) in [4.78, 5) is 42.0. The van der Waals surface area contributed by atoms with Crippen LogP contribution in [0.15, 0.2) is 89.2 Å². The zero-order chi connectivity index (χ0) is 26.4. The van der Waals surface area contributed by atoms with E-state index in [4.69, 9.17) is 11.6 Å². The highest BCUT2D eigenvalue weighted by Crippen LogP contribution is 2.42. The summed E-state index contributed by atoms with van der Waals surface area (Å²) in [7, 11) is 1.72. The first-order valence-electron chi connectivity index (χ1n) is 11.7. The number of aromatic nitrogens is 2. The van der Waals surface area contributed by atoms with Crippen molar-refractivity contribution in [3.8, 4) is 5.69 Å². The Morgan fingerprint density at radius 3 is 2.11 bits per heavy atom. The number of hydrogen-bond donors (Lipinski definition) is 1. The number of nitrogens with zero attached hydrogens (tertiary/aromatic N) is 3. The fourth-order valence-electron chi connectivity index (χ4n) is 4.72. The van der Waals surface area contributed by atoms with Gasteiger partial charge in [-0.1, -0.05) is 71.8 Å². The Balaban J connectivity index is 1.78. The maximum Gasteiger partial charge on any atom is 0.300 e. The van der Waals surface area contributed by atoms with Crippen LogP contribution in [0.5, 0.6) is 0 Å². The second-order valence-corrected chi connectivity index (χ2v) is 9.43. The van der Waals surface area contributed by atoms with Gasteiger partial charge in [0.25, 0.3) is 17.2 Å². The Morgan fingerprint density at radius 1 is 0.865 bits per heavy atom. The van der Waals surface area contributed by atoms with Gasteiger partial charge in [0.2, 0.25) is 0 Å². The number of aliphatic hydroxyl groups excluding tert-OH is 1. The van der Waals surface area contributed by atoms with E-state index in [1.807, 2.05) is 37.3 Å². The van der Waals surface area contributed by atoms with Crippen LogP contribution >= 0.6 is 11.6 Å². The molecule has 8 heteroatoms. The number of aryl methyl sites for hydroxylation is 1. The van der Waals surface area contributed by atoms with Gasteiger partial charge in [0.1, 0.15) is 11.4 Å². The number of carbonyl (C=O) groups excluding carboxylic acids is 2. The minimum absolute atomic E-state index is 0.0661. The Kier molecular flexibility index (Phi) is 6.09. The van der Waals surface area contributed by atoms with Gasteiger partial charge in [-0.2, -0.15) is 0 Å². The van der Waals surface area contributed by atoms with Crippen molar-refractivity contribution in [2.24, 2.45) is 7.05 Å². The number of Topliss-reactive ketones (excluding diaryl/α,β-unsaturated/α-hetero) is 1. The van der Waals surface area contributed by atoms with Crippen LogP contribution in [-0.4, -0.2) is 26.2 Å². The van der Waals surface area contributed by atoms with Gasteiger partial charge in [0.05, 0.1) is 23.0 Å². The molecule has 1 aliphatic rings. The van der Waals surface area contributed by atoms with E-state index < -0.39 is 23.3 Å². The van der Waals surface area contributed by atoms with Gasteiger partial charge in [-0.25, -0.2) is 4.68 Å². The van der Waals surface area contributed by atoms with E-state index in [-0.39, 0.29) is 17.0 Å². The van der Waals surface area contributed by atoms with Gasteiger partial charge < -0.3 is 5.11 Å². The van der Waals surface area contributed by atoms with E-state index >= 15 is 0 Å². The van der Waals surface area contributed by atoms with Crippen LogP contribution in [0, 0.1) is 13.8 Å². The standard InChI is InChI=1S/C29H24ClN3O4/c1-17-9-11-20(12-10-17)26(34)23-25(19-13-15-21(30)16-14-19)32(29(37)27(23)35)24-18(2)31(3)33(28(24)36)22-7-5-4-6-8-22/h4-16,25,34H,1-3H3/t25-/m1/s1. The van der Waals surface area contributed by atoms with E-state index in [1.165, 1.54) is 9.58 Å². The largest absolute Gasteiger partial charge is 0.507 e. The van der Waals surface area contributed by atoms with Crippen LogP contribution in [0.1, 0.15) is 28.4 Å². The number of amides is 1. The first kappa shape index (κ1) is 24.3. The van der Waals surface area contributed by atoms with Crippen molar-refractivity contribution in [1.82, 2.24) is 9.36 Å². The molecule has 0 unspecified atom stereocenters. The summed E-state index contributed by atoms with van der Waals surface area (Å²) in [5.41, 5.74) is 2.53. The number of ketones is 1. The molecule has 0 saturated carbocycles. The van der Waals surface area contributed by atoms with Crippen LogP contribution in [0.2, 0.25) is 5.02 Å². The molecule has 0 spiro atoms. The number of benzene rings is 3. The topological polar surface area (TPSA) is 84.5 Å². The number of carbonyl (C=O) groups is 2. The van der Waals surface area contributed by atoms with Crippen molar-refractivity contribution >= 4 is 34.7 Å². The van der Waals surface area contributed by atoms with Crippen LogP contribution in [-0.2, 0) is 16.6 Å². The zero-order valence-electron chi connectivity index (χ0n) is 20.5. The smallest absolute Gasteiger partial charge is 0.300 e. The average Bonchev–Trinajstić information content (AvgIpc) is 3.28. The molecule has 1 atom stereocenters. The van der Waals surface area contributed by atoms with Gasteiger partial charge in [-0.15, -0.1) is 0 Å². The predicted octanol–water partition coefficient (Wildman–Crippen LogP) is 5.07. The summed E-state index contributed by atoms with van der Waals surface area (Å²) < 4.78 is 3.09. The van der Waals surface area contributed by atoms with Crippen LogP contribution in [0.25, 0.3) is 11.4 Å². The molecule has 1 N–H and O–H groups in total. The molecule has 1 amide bonds. The molecule has 4 aromatic rings. The SMILES string of the molecule is Cc1ccc(C(O)=C2C(=O)C(=O)N(c3c(C)n(C)n(-c4ccccc4)c3=O)[C@@H]2c2ccc(Cl)cc2)cc1. The van der Waals surface area contributed by atoms with Crippen molar-refractivity contribution in [2.75, 3.05) is 4.90 Å². The van der Waals surface area contributed by atoms with E-state index in [9.17, 15) is 19.5 Å². The van der Waals surface area contributed by atoms with Crippen LogP contribution in [0.4, 0.5) is 5.69 Å². The first-order chi connectivity index (χ1) is 17.7. The molecule has 1 aromatic heterocycles. The van der Waals surface area contributed by atoms with Crippen LogP contribution < -0.4 is 10.5 Å². The van der Waals surface area contributed by atoms with Crippen molar-refractivity contribution in [2.45, 2.75) is 19.9 Å². The third kappa shape index (κ3) is 3.97. The minimum atomic E-state index is -1.03. The molecule has 7 nitrogen and oxygen atoms in total. The quantitative estimate of drug-likeness (QED) is 0.234. The third-order valence-corrected chi connectivity index (χ3v) is 6.97. The van der Waals surface area contributed by atoms with Crippen LogP contribution in [0.3, 0.4) is 0 Å². The molecule has 0 radical (unpaired) electrons. The molecular formula is C29H24ClN3O4. The second kappa shape index (κ2) is 9.26. The fourth-order valence-corrected chi connectivity index (χ4v) is 4.85. The molecule has 0 aliphatic carbocycles. The molecule has 1 fully saturated rings. The maximum absolute atomic E-state index is 13.8. The molecule has 0 bridgehead atoms. The van der Waals surface area contributed by atoms with E-state index in [0.717, 1.165) is 5.56 Å². The summed E-state index contributed by atoms with van der Waals surface area (Å²) in [6.07, 6.45) is 0. The minimum Gasteiger partial charge on any atom is -0.507 e. The number of para-hydroxylation sites is 1. The fraction of sp³-hybridized carbons (Fsp3) is 0.138. The molecule has 1 aliphatic heterocycles. The zero-order valence-corrected chi connectivity index (χ0v) is 21.2. The summed E-state index contributed by atoms with van der Waals surface area (Å²) in [5.74, 6) is -2.07. The Bertz CT molecular complexity index is 1610. The average molecular weight is 514 g/mol. The highest BCUT2D eigenvalue weighted by atomic mass is 35.5. The lowest BCUT2D eigenvalue weighted by Crippen LogP contribution is -2.34. The van der Waals surface area contributed by atoms with Crippen molar-refractivity contribution in [3.63, 3.8) is 0 Å². The van der Waals surface area contributed by atoms with Gasteiger partial charge in [0, 0.05) is 17.6 Å². The summed E-state index contributed by atoms with van der Waals surface area (Å²) in [6.45, 7) is 3.63. The second-order valence-electron chi connectivity index (χ2n) is 9.00. The third-order valence-electron chi connectivity index (χ3n) is 6.72. The number of rotatable bonds is 4. The number of aliphatic hydroxyl groups is 1. The Labute approximate surface area is 218 Å². The Hall–Kier alpha value is -4.36. The lowest BCUT2D eigenvalue weighted by molar-refractivity contribution is -0.132. The monoisotopic (exact) mass is 513 g/mol. The maximum atomic E-state index is 13.8. The van der Waals surface area contributed by atoms with E-state index in [1.54, 1.807) is 67.2 Å². The lowest BCUT2D eigenvalue weighted by atomic mass is 9.95. The Morgan fingerprint density at radius 2 is 1.49 bits per heavy atom. The van der Waals surface area contributed by atoms with Gasteiger partial charge in [-0.05, 0) is 43.7 Å². The highest BCUT2D eigenvalue weighted by Gasteiger charge is 2.49. The predicted molar refractivity (Wildman–Crippen MR) is 143 cm³/mol. The van der Waals surface area contributed by atoms with Crippen molar-refractivity contribution in [1.29, 1.82) is 0 Å². The summed E-state index contributed by atoms with van der Waals surface area (Å²) in [6, 6.07) is 21.6. The number of hydrogen-bond acceptors (Lipinski definition) is 4. The number of halogens is 1. The highest BCUT2D eigenvalue weighted by molar-refractivity contribution is 6.51. The lowest BCUT2D eigenvalue weighted by Gasteiger charge is -2.24. The van der Waals surface area contributed by atoms with Gasteiger partial charge >= 0.3 is 0 Å². The van der Waals surface area contributed by atoms with Crippen molar-refractivity contribution in [3.05, 3.63) is 122 Å². The number of anilines is 1. The molecule has 5 rings (SSSR count). The molecule has 37 heavy (non-hydrogen) atoms. The van der Waals surface area contributed by atoms with Gasteiger partial charge in [-0.3, -0.25) is 24.0 Å². The molecule has 3 aromatic carbocycles. The van der Waals surface area contributed by atoms with E-state index in [2.05, 4.69) is 0 Å². The van der Waals surface area contributed by atoms with Gasteiger partial charge in [0.15, 0.2) is 0 Å². The normalized spacial score (nSPS) is 17.0. The molecule has 2 heterocycles.